The van der Waals surface area contributed by atoms with Crippen molar-refractivity contribution in [2.45, 2.75) is 43.2 Å². The van der Waals surface area contributed by atoms with Crippen LogP contribution in [0.15, 0.2) is 47.6 Å². The molecule has 7 nitrogen and oxygen atoms in total. The second-order valence-electron chi connectivity index (χ2n) is 7.42. The van der Waals surface area contributed by atoms with Crippen LogP contribution in [-0.2, 0) is 29.9 Å². The smallest absolute Gasteiger partial charge is 0.270 e. The highest BCUT2D eigenvalue weighted by Crippen LogP contribution is 2.38. The first-order valence-electron chi connectivity index (χ1n) is 10.00. The summed E-state index contributed by atoms with van der Waals surface area (Å²) in [5, 5.41) is 12.3. The molecule has 2 aliphatic rings. The van der Waals surface area contributed by atoms with E-state index in [9.17, 15) is 10.1 Å². The molecule has 0 radical (unpaired) electrons. The van der Waals surface area contributed by atoms with Crippen molar-refractivity contribution in [1.82, 2.24) is 9.55 Å². The standard InChI is InChI=1S/C22H21N3O4S/c26-25(27)18-10-15-12-28-14-29-21(15)16(11-18)13-30-22-23-19-8-4-5-9-20(19)24(22)17-6-2-1-3-7-17/h1-3,6-7,10-11H,4-5,8-9,12-14H2. The summed E-state index contributed by atoms with van der Waals surface area (Å²) in [7, 11) is 0. The number of nitro groups is 1. The Kier molecular flexibility index (Phi) is 5.18. The van der Waals surface area contributed by atoms with Gasteiger partial charge in [0, 0.05) is 40.4 Å². The number of ether oxygens (including phenoxy) is 2. The van der Waals surface area contributed by atoms with Crippen LogP contribution >= 0.6 is 11.8 Å². The molecule has 0 fully saturated rings. The minimum Gasteiger partial charge on any atom is -0.467 e. The van der Waals surface area contributed by atoms with Gasteiger partial charge in [-0.1, -0.05) is 30.0 Å². The van der Waals surface area contributed by atoms with E-state index in [1.165, 1.54) is 23.9 Å². The molecule has 154 valence electrons. The zero-order valence-corrected chi connectivity index (χ0v) is 17.2. The number of aryl methyl sites for hydroxylation is 1. The Labute approximate surface area is 178 Å². The first-order chi connectivity index (χ1) is 14.7. The lowest BCUT2D eigenvalue weighted by Crippen LogP contribution is -2.13. The van der Waals surface area contributed by atoms with Crippen molar-refractivity contribution < 1.29 is 14.4 Å². The SMILES string of the molecule is O=[N+]([O-])c1cc2c(c(CSc3nc4c(n3-c3ccccc3)CCCC4)c1)OCOC2. The van der Waals surface area contributed by atoms with Crippen LogP contribution in [0.3, 0.4) is 0 Å². The number of non-ortho nitro benzene ring substituents is 1. The van der Waals surface area contributed by atoms with E-state index in [0.29, 0.717) is 18.1 Å². The fourth-order valence-corrected chi connectivity index (χ4v) is 5.11. The highest BCUT2D eigenvalue weighted by Gasteiger charge is 2.24. The summed E-state index contributed by atoms with van der Waals surface area (Å²) in [6, 6.07) is 13.4. The molecule has 0 saturated heterocycles. The van der Waals surface area contributed by atoms with Crippen molar-refractivity contribution in [3.8, 4) is 11.4 Å². The number of nitrogens with zero attached hydrogens (tertiary/aromatic N) is 3. The van der Waals surface area contributed by atoms with E-state index in [2.05, 4.69) is 16.7 Å². The highest BCUT2D eigenvalue weighted by molar-refractivity contribution is 7.98. The molecule has 0 amide bonds. The fourth-order valence-electron chi connectivity index (χ4n) is 4.09. The molecular formula is C22H21N3O4S. The third kappa shape index (κ3) is 3.57. The van der Waals surface area contributed by atoms with Crippen LogP contribution in [0.25, 0.3) is 5.69 Å². The third-order valence-corrected chi connectivity index (χ3v) is 6.44. The van der Waals surface area contributed by atoms with Crippen molar-refractivity contribution in [3.63, 3.8) is 0 Å². The largest absolute Gasteiger partial charge is 0.467 e. The number of fused-ring (bicyclic) bond motifs is 2. The maximum absolute atomic E-state index is 11.4. The molecule has 2 aromatic carbocycles. The molecule has 1 aromatic heterocycles. The summed E-state index contributed by atoms with van der Waals surface area (Å²) in [6.07, 6.45) is 4.34. The van der Waals surface area contributed by atoms with E-state index in [0.717, 1.165) is 41.2 Å². The topological polar surface area (TPSA) is 79.4 Å². The molecule has 1 aliphatic carbocycles. The predicted octanol–water partition coefficient (Wildman–Crippen LogP) is 4.82. The first-order valence-corrected chi connectivity index (χ1v) is 11.0. The summed E-state index contributed by atoms with van der Waals surface area (Å²) in [6.45, 7) is 0.483. The van der Waals surface area contributed by atoms with Crippen LogP contribution in [0, 0.1) is 10.1 Å². The predicted molar refractivity (Wildman–Crippen MR) is 113 cm³/mol. The van der Waals surface area contributed by atoms with Crippen molar-refractivity contribution in [3.05, 3.63) is 75.1 Å². The van der Waals surface area contributed by atoms with Gasteiger partial charge in [0.1, 0.15) is 5.75 Å². The Morgan fingerprint density at radius 2 is 2.00 bits per heavy atom. The van der Waals surface area contributed by atoms with Gasteiger partial charge in [-0.15, -0.1) is 0 Å². The van der Waals surface area contributed by atoms with E-state index in [1.54, 1.807) is 17.8 Å². The van der Waals surface area contributed by atoms with Gasteiger partial charge >= 0.3 is 0 Å². The molecule has 8 heteroatoms. The number of aromatic nitrogens is 2. The van der Waals surface area contributed by atoms with Crippen LogP contribution in [0.2, 0.25) is 0 Å². The summed E-state index contributed by atoms with van der Waals surface area (Å²) in [5.41, 5.74) is 5.12. The van der Waals surface area contributed by atoms with E-state index >= 15 is 0 Å². The average Bonchev–Trinajstić information content (AvgIpc) is 3.16. The monoisotopic (exact) mass is 423 g/mol. The van der Waals surface area contributed by atoms with Crippen LogP contribution in [-0.4, -0.2) is 21.3 Å². The van der Waals surface area contributed by atoms with E-state index in [4.69, 9.17) is 14.5 Å². The molecule has 2 heterocycles. The molecule has 1 aliphatic heterocycles. The molecule has 5 rings (SSSR count). The normalized spacial score (nSPS) is 15.2. The Morgan fingerprint density at radius 3 is 2.83 bits per heavy atom. The lowest BCUT2D eigenvalue weighted by molar-refractivity contribution is -0.385. The number of nitro benzene ring substituents is 1. The molecule has 30 heavy (non-hydrogen) atoms. The summed E-state index contributed by atoms with van der Waals surface area (Å²) < 4.78 is 13.2. The van der Waals surface area contributed by atoms with Crippen LogP contribution < -0.4 is 4.74 Å². The number of hydrogen-bond donors (Lipinski definition) is 0. The van der Waals surface area contributed by atoms with Crippen molar-refractivity contribution in [2.24, 2.45) is 0 Å². The molecule has 3 aromatic rings. The Hall–Kier alpha value is -2.84. The zero-order chi connectivity index (χ0) is 20.5. The van der Waals surface area contributed by atoms with Crippen LogP contribution in [0.1, 0.15) is 35.4 Å². The van der Waals surface area contributed by atoms with Gasteiger partial charge in [-0.2, -0.15) is 0 Å². The van der Waals surface area contributed by atoms with E-state index < -0.39 is 0 Å². The minimum atomic E-state index is -0.368. The molecule has 0 bridgehead atoms. The van der Waals surface area contributed by atoms with Gasteiger partial charge in [-0.3, -0.25) is 14.7 Å². The van der Waals surface area contributed by atoms with Gasteiger partial charge in [0.05, 0.1) is 17.2 Å². The second-order valence-corrected chi connectivity index (χ2v) is 8.36. The lowest BCUT2D eigenvalue weighted by atomic mass is 10.0. The van der Waals surface area contributed by atoms with Crippen molar-refractivity contribution >= 4 is 17.4 Å². The molecule has 0 N–H and O–H groups in total. The van der Waals surface area contributed by atoms with Gasteiger partial charge in [0.25, 0.3) is 5.69 Å². The van der Waals surface area contributed by atoms with Crippen LogP contribution in [0.5, 0.6) is 5.75 Å². The van der Waals surface area contributed by atoms with Crippen molar-refractivity contribution in [2.75, 3.05) is 6.79 Å². The van der Waals surface area contributed by atoms with E-state index in [-0.39, 0.29) is 17.4 Å². The van der Waals surface area contributed by atoms with Gasteiger partial charge in [0.15, 0.2) is 11.9 Å². The minimum absolute atomic E-state index is 0.0594. The maximum atomic E-state index is 11.4. The maximum Gasteiger partial charge on any atom is 0.270 e. The molecule has 0 spiro atoms. The Balaban J connectivity index is 1.51. The van der Waals surface area contributed by atoms with Crippen molar-refractivity contribution in [1.29, 1.82) is 0 Å². The summed E-state index contributed by atoms with van der Waals surface area (Å²) >= 11 is 1.59. The summed E-state index contributed by atoms with van der Waals surface area (Å²) in [4.78, 5) is 16.0. The fraction of sp³-hybridized carbons (Fsp3) is 0.318. The third-order valence-electron chi connectivity index (χ3n) is 5.46. The number of hydrogen-bond acceptors (Lipinski definition) is 6. The van der Waals surface area contributed by atoms with Gasteiger partial charge in [-0.25, -0.2) is 4.98 Å². The highest BCUT2D eigenvalue weighted by atomic mass is 32.2. The second kappa shape index (κ2) is 8.12. The Bertz CT molecular complexity index is 1100. The number of para-hydroxylation sites is 1. The average molecular weight is 423 g/mol. The Morgan fingerprint density at radius 1 is 1.17 bits per heavy atom. The van der Waals surface area contributed by atoms with Crippen LogP contribution in [0.4, 0.5) is 5.69 Å². The van der Waals surface area contributed by atoms with Gasteiger partial charge in [0.2, 0.25) is 0 Å². The molecule has 0 unspecified atom stereocenters. The molecule has 0 saturated carbocycles. The lowest BCUT2D eigenvalue weighted by Gasteiger charge is -2.20. The number of thioether (sulfide) groups is 1. The summed E-state index contributed by atoms with van der Waals surface area (Å²) in [5.74, 6) is 1.23. The molecule has 0 atom stereocenters. The van der Waals surface area contributed by atoms with Gasteiger partial charge < -0.3 is 9.47 Å². The number of rotatable bonds is 5. The number of imidazole rings is 1. The molecular weight excluding hydrogens is 402 g/mol. The number of benzene rings is 2. The van der Waals surface area contributed by atoms with Gasteiger partial charge in [-0.05, 0) is 37.8 Å². The van der Waals surface area contributed by atoms with E-state index in [1.807, 2.05) is 18.2 Å². The quantitative estimate of drug-likeness (QED) is 0.333. The zero-order valence-electron chi connectivity index (χ0n) is 16.4. The first kappa shape index (κ1) is 19.1.